The smallest absolute Gasteiger partial charge is 0.276 e. The maximum Gasteiger partial charge on any atom is 0.276 e. The first-order chi connectivity index (χ1) is 9.51. The first-order valence-electron chi connectivity index (χ1n) is 6.01. The summed E-state index contributed by atoms with van der Waals surface area (Å²) in [5.74, 6) is -1.94. The maximum absolute atomic E-state index is 13.4. The lowest BCUT2D eigenvalue weighted by Gasteiger charge is -2.05. The molecular formula is C13H12F2IN3O. The van der Waals surface area contributed by atoms with E-state index in [2.05, 4.69) is 15.5 Å². The standard InChI is InChI=1S/C13H12F2IN3O/c1-2-3-7-6-11(19-18-7)13(20)17-8-4-9(14)12(16)10(15)5-8/h4-6H,2-3H2,1H3,(H,17,20)(H,18,19). The Morgan fingerprint density at radius 3 is 2.60 bits per heavy atom. The van der Waals surface area contributed by atoms with Crippen molar-refractivity contribution in [2.24, 2.45) is 0 Å². The number of hydrogen-bond donors (Lipinski definition) is 2. The Morgan fingerprint density at radius 1 is 1.35 bits per heavy atom. The molecule has 1 aromatic heterocycles. The summed E-state index contributed by atoms with van der Waals surface area (Å²) in [6, 6.07) is 3.77. The van der Waals surface area contributed by atoms with Crippen LogP contribution in [0.25, 0.3) is 0 Å². The van der Waals surface area contributed by atoms with Crippen molar-refractivity contribution >= 4 is 34.2 Å². The lowest BCUT2D eigenvalue weighted by molar-refractivity contribution is 0.102. The van der Waals surface area contributed by atoms with Crippen molar-refractivity contribution in [3.63, 3.8) is 0 Å². The highest BCUT2D eigenvalue weighted by atomic mass is 127. The van der Waals surface area contributed by atoms with E-state index >= 15 is 0 Å². The molecule has 20 heavy (non-hydrogen) atoms. The summed E-state index contributed by atoms with van der Waals surface area (Å²) in [5, 5.41) is 9.03. The average molecular weight is 391 g/mol. The highest BCUT2D eigenvalue weighted by molar-refractivity contribution is 14.1. The number of halogens is 3. The van der Waals surface area contributed by atoms with Crippen LogP contribution in [0.3, 0.4) is 0 Å². The van der Waals surface area contributed by atoms with Gasteiger partial charge in [-0.15, -0.1) is 0 Å². The minimum atomic E-state index is -0.713. The summed E-state index contributed by atoms with van der Waals surface area (Å²) in [6.45, 7) is 2.01. The predicted molar refractivity (Wildman–Crippen MR) is 79.6 cm³/mol. The van der Waals surface area contributed by atoms with Crippen LogP contribution in [-0.2, 0) is 6.42 Å². The number of H-pyrrole nitrogens is 1. The summed E-state index contributed by atoms with van der Waals surface area (Å²) in [4.78, 5) is 11.9. The van der Waals surface area contributed by atoms with Crippen LogP contribution in [0.5, 0.6) is 0 Å². The van der Waals surface area contributed by atoms with Gasteiger partial charge in [0.05, 0.1) is 3.57 Å². The number of nitrogens with zero attached hydrogens (tertiary/aromatic N) is 1. The molecule has 0 fully saturated rings. The van der Waals surface area contributed by atoms with Crippen molar-refractivity contribution in [3.8, 4) is 0 Å². The van der Waals surface area contributed by atoms with Crippen molar-refractivity contribution in [2.75, 3.05) is 5.32 Å². The lowest BCUT2D eigenvalue weighted by Crippen LogP contribution is -2.13. The first kappa shape index (κ1) is 14.9. The molecule has 2 rings (SSSR count). The largest absolute Gasteiger partial charge is 0.320 e. The van der Waals surface area contributed by atoms with Crippen LogP contribution in [0.1, 0.15) is 29.5 Å². The fraction of sp³-hybridized carbons (Fsp3) is 0.231. The van der Waals surface area contributed by atoms with Crippen LogP contribution < -0.4 is 5.32 Å². The second kappa shape index (κ2) is 6.29. The summed E-state index contributed by atoms with van der Waals surface area (Å²) in [6.07, 6.45) is 1.71. The van der Waals surface area contributed by atoms with Gasteiger partial charge in [-0.25, -0.2) is 8.78 Å². The highest BCUT2D eigenvalue weighted by Crippen LogP contribution is 2.20. The van der Waals surface area contributed by atoms with Gasteiger partial charge in [0.15, 0.2) is 5.69 Å². The van der Waals surface area contributed by atoms with E-state index in [1.165, 1.54) is 0 Å². The Labute approximate surface area is 128 Å². The number of benzene rings is 1. The predicted octanol–water partition coefficient (Wildman–Crippen LogP) is 3.50. The Bertz CT molecular complexity index is 619. The van der Waals surface area contributed by atoms with Crippen LogP contribution in [0, 0.1) is 15.2 Å². The van der Waals surface area contributed by atoms with Gasteiger partial charge in [0, 0.05) is 11.4 Å². The third kappa shape index (κ3) is 3.33. The number of anilines is 1. The molecule has 0 spiro atoms. The summed E-state index contributed by atoms with van der Waals surface area (Å²) in [5.41, 5.74) is 1.09. The Hall–Kier alpha value is -1.51. The van der Waals surface area contributed by atoms with E-state index in [0.717, 1.165) is 30.7 Å². The van der Waals surface area contributed by atoms with E-state index in [0.29, 0.717) is 0 Å². The van der Waals surface area contributed by atoms with Crippen LogP contribution >= 0.6 is 22.6 Å². The highest BCUT2D eigenvalue weighted by Gasteiger charge is 2.13. The number of amides is 1. The number of aromatic nitrogens is 2. The zero-order valence-electron chi connectivity index (χ0n) is 10.6. The molecule has 0 bridgehead atoms. The van der Waals surface area contributed by atoms with E-state index in [4.69, 9.17) is 0 Å². The minimum Gasteiger partial charge on any atom is -0.320 e. The summed E-state index contributed by atoms with van der Waals surface area (Å²) in [7, 11) is 0. The van der Waals surface area contributed by atoms with E-state index in [1.54, 1.807) is 28.7 Å². The number of rotatable bonds is 4. The SMILES string of the molecule is CCCc1cc(C(=O)Nc2cc(F)c(I)c(F)c2)n[nH]1. The van der Waals surface area contributed by atoms with Gasteiger partial charge in [-0.05, 0) is 47.2 Å². The molecule has 1 heterocycles. The minimum absolute atomic E-state index is 0.0606. The van der Waals surface area contributed by atoms with Crippen molar-refractivity contribution in [3.05, 3.63) is 44.8 Å². The molecule has 0 atom stereocenters. The molecule has 7 heteroatoms. The average Bonchev–Trinajstić information content (AvgIpc) is 2.85. The third-order valence-corrected chi connectivity index (χ3v) is 3.66. The number of carbonyl (C=O) groups is 1. The third-order valence-electron chi connectivity index (χ3n) is 2.62. The van der Waals surface area contributed by atoms with Gasteiger partial charge in [-0.1, -0.05) is 13.3 Å². The van der Waals surface area contributed by atoms with Crippen LogP contribution in [0.4, 0.5) is 14.5 Å². The molecule has 0 aliphatic carbocycles. The number of nitrogens with one attached hydrogen (secondary N) is 2. The van der Waals surface area contributed by atoms with E-state index < -0.39 is 17.5 Å². The summed E-state index contributed by atoms with van der Waals surface area (Å²) < 4.78 is 26.6. The zero-order valence-corrected chi connectivity index (χ0v) is 12.8. The lowest BCUT2D eigenvalue weighted by atomic mass is 10.2. The molecule has 1 amide bonds. The second-order valence-corrected chi connectivity index (χ2v) is 5.32. The fourth-order valence-electron chi connectivity index (χ4n) is 1.70. The molecule has 0 unspecified atom stereocenters. The van der Waals surface area contributed by atoms with Crippen LogP contribution in [0.2, 0.25) is 0 Å². The Kier molecular flexibility index (Phi) is 4.69. The molecule has 4 nitrogen and oxygen atoms in total. The number of aryl methyl sites for hydroxylation is 1. The van der Waals surface area contributed by atoms with E-state index in [-0.39, 0.29) is 15.0 Å². The topological polar surface area (TPSA) is 57.8 Å². The number of aromatic amines is 1. The molecule has 0 radical (unpaired) electrons. The van der Waals surface area contributed by atoms with Gasteiger partial charge in [0.2, 0.25) is 0 Å². The first-order valence-corrected chi connectivity index (χ1v) is 7.09. The van der Waals surface area contributed by atoms with Gasteiger partial charge in [-0.2, -0.15) is 5.10 Å². The van der Waals surface area contributed by atoms with Gasteiger partial charge in [0.25, 0.3) is 5.91 Å². The monoisotopic (exact) mass is 391 g/mol. The molecule has 2 aromatic rings. The number of carbonyl (C=O) groups excluding carboxylic acids is 1. The molecule has 2 N–H and O–H groups in total. The van der Waals surface area contributed by atoms with Gasteiger partial charge in [0.1, 0.15) is 11.6 Å². The molecule has 0 saturated carbocycles. The van der Waals surface area contributed by atoms with Crippen LogP contribution in [0.15, 0.2) is 18.2 Å². The van der Waals surface area contributed by atoms with Gasteiger partial charge in [-0.3, -0.25) is 9.89 Å². The number of hydrogen-bond acceptors (Lipinski definition) is 2. The molecule has 106 valence electrons. The molecule has 0 saturated heterocycles. The van der Waals surface area contributed by atoms with Crippen molar-refractivity contribution in [1.29, 1.82) is 0 Å². The van der Waals surface area contributed by atoms with Crippen molar-refractivity contribution < 1.29 is 13.6 Å². The molecule has 0 aliphatic rings. The van der Waals surface area contributed by atoms with E-state index in [1.807, 2.05) is 6.92 Å². The Morgan fingerprint density at radius 2 is 2.00 bits per heavy atom. The van der Waals surface area contributed by atoms with Gasteiger partial charge >= 0.3 is 0 Å². The van der Waals surface area contributed by atoms with Gasteiger partial charge < -0.3 is 5.32 Å². The van der Waals surface area contributed by atoms with Crippen molar-refractivity contribution in [2.45, 2.75) is 19.8 Å². The second-order valence-electron chi connectivity index (χ2n) is 4.24. The quantitative estimate of drug-likeness (QED) is 0.619. The van der Waals surface area contributed by atoms with Crippen molar-refractivity contribution in [1.82, 2.24) is 10.2 Å². The van der Waals surface area contributed by atoms with Crippen LogP contribution in [-0.4, -0.2) is 16.1 Å². The fourth-order valence-corrected chi connectivity index (χ4v) is 2.01. The van der Waals surface area contributed by atoms with E-state index in [9.17, 15) is 13.6 Å². The normalized spacial score (nSPS) is 10.6. The molecule has 0 aliphatic heterocycles. The molecular weight excluding hydrogens is 379 g/mol. The molecule has 1 aromatic carbocycles. The Balaban J connectivity index is 2.14. The maximum atomic E-state index is 13.4. The zero-order chi connectivity index (χ0) is 14.7. The summed E-state index contributed by atoms with van der Waals surface area (Å²) >= 11 is 1.56.